The van der Waals surface area contributed by atoms with Gasteiger partial charge in [0.2, 0.25) is 8.32 Å². The summed E-state index contributed by atoms with van der Waals surface area (Å²) in [5.41, 5.74) is 6.73. The third-order valence-electron chi connectivity index (χ3n) is 1.70. The van der Waals surface area contributed by atoms with Crippen LogP contribution in [0.1, 0.15) is 5.56 Å². The Hall–Kier alpha value is -0.323. The highest BCUT2D eigenvalue weighted by Gasteiger charge is 2.18. The molecule has 0 unspecified atom stereocenters. The van der Waals surface area contributed by atoms with Gasteiger partial charge in [-0.2, -0.15) is 0 Å². The summed E-state index contributed by atoms with van der Waals surface area (Å²) in [6.45, 7) is 6.98. The van der Waals surface area contributed by atoms with Crippen molar-refractivity contribution in [2.45, 2.75) is 26.2 Å². The van der Waals surface area contributed by atoms with Gasteiger partial charge in [-0.05, 0) is 31.8 Å². The topological polar surface area (TPSA) is 35.2 Å². The predicted molar refractivity (Wildman–Crippen MR) is 66.0 cm³/mol. The molecule has 0 aliphatic rings. The van der Waals surface area contributed by atoms with Crippen LogP contribution >= 0.6 is 15.9 Å². The minimum absolute atomic E-state index is 0.501. The summed E-state index contributed by atoms with van der Waals surface area (Å²) in [7, 11) is -1.55. The molecule has 0 aromatic heterocycles. The molecule has 0 heterocycles. The van der Waals surface area contributed by atoms with Gasteiger partial charge in [0.1, 0.15) is 5.75 Å². The number of benzene rings is 1. The van der Waals surface area contributed by atoms with Gasteiger partial charge in [0.15, 0.2) is 0 Å². The Morgan fingerprint density at radius 1 is 1.36 bits per heavy atom. The van der Waals surface area contributed by atoms with E-state index in [2.05, 4.69) is 35.6 Å². The largest absolute Gasteiger partial charge is 0.544 e. The molecule has 0 atom stereocenters. The van der Waals surface area contributed by atoms with E-state index in [1.165, 1.54) is 0 Å². The number of nitrogens with two attached hydrogens (primary N) is 1. The van der Waals surface area contributed by atoms with Crippen LogP contribution in [0, 0.1) is 0 Å². The number of hydrogen-bond acceptors (Lipinski definition) is 2. The lowest BCUT2D eigenvalue weighted by atomic mass is 10.2. The summed E-state index contributed by atoms with van der Waals surface area (Å²) in [4.78, 5) is 0. The fraction of sp³-hybridized carbons (Fsp3) is 0.400. The van der Waals surface area contributed by atoms with E-state index < -0.39 is 8.32 Å². The van der Waals surface area contributed by atoms with Crippen LogP contribution in [0.5, 0.6) is 5.75 Å². The van der Waals surface area contributed by atoms with E-state index in [1.54, 1.807) is 0 Å². The Balaban J connectivity index is 3.02. The van der Waals surface area contributed by atoms with E-state index in [4.69, 9.17) is 10.2 Å². The van der Waals surface area contributed by atoms with E-state index in [-0.39, 0.29) is 0 Å². The van der Waals surface area contributed by atoms with Crippen molar-refractivity contribution in [2.75, 3.05) is 0 Å². The van der Waals surface area contributed by atoms with Crippen molar-refractivity contribution in [3.05, 3.63) is 28.2 Å². The second-order valence-corrected chi connectivity index (χ2v) is 9.42. The number of rotatable bonds is 3. The van der Waals surface area contributed by atoms with Crippen molar-refractivity contribution in [3.63, 3.8) is 0 Å². The van der Waals surface area contributed by atoms with Gasteiger partial charge < -0.3 is 10.2 Å². The highest BCUT2D eigenvalue weighted by atomic mass is 79.9. The van der Waals surface area contributed by atoms with E-state index in [1.807, 2.05) is 18.2 Å². The first-order valence-corrected chi connectivity index (χ1v) is 8.80. The van der Waals surface area contributed by atoms with Crippen LogP contribution in [0.4, 0.5) is 0 Å². The van der Waals surface area contributed by atoms with Gasteiger partial charge in [0.05, 0.1) is 0 Å². The maximum absolute atomic E-state index is 5.93. The zero-order valence-corrected chi connectivity index (χ0v) is 11.4. The Bertz CT molecular complexity index is 322. The molecule has 0 fully saturated rings. The molecule has 1 aromatic rings. The minimum atomic E-state index is -1.55. The Labute approximate surface area is 94.7 Å². The average Bonchev–Trinajstić information content (AvgIpc) is 2.01. The van der Waals surface area contributed by atoms with Crippen LogP contribution in [0.15, 0.2) is 22.7 Å². The SMILES string of the molecule is C[Si](C)(C)Oc1cccc(Br)c1CN. The molecule has 0 amide bonds. The minimum Gasteiger partial charge on any atom is -0.544 e. The molecule has 0 spiro atoms. The van der Waals surface area contributed by atoms with Crippen LogP contribution < -0.4 is 10.2 Å². The Kier molecular flexibility index (Phi) is 3.75. The first-order chi connectivity index (χ1) is 6.44. The van der Waals surface area contributed by atoms with Gasteiger partial charge in [-0.15, -0.1) is 0 Å². The Morgan fingerprint density at radius 3 is 2.50 bits per heavy atom. The summed E-state index contributed by atoms with van der Waals surface area (Å²) in [5, 5.41) is 0. The third-order valence-corrected chi connectivity index (χ3v) is 3.27. The third kappa shape index (κ3) is 3.11. The first-order valence-electron chi connectivity index (χ1n) is 4.60. The van der Waals surface area contributed by atoms with Crippen molar-refractivity contribution < 1.29 is 4.43 Å². The fourth-order valence-corrected chi connectivity index (χ4v) is 2.52. The van der Waals surface area contributed by atoms with Crippen molar-refractivity contribution in [3.8, 4) is 5.75 Å². The molecule has 4 heteroatoms. The summed E-state index contributed by atoms with van der Waals surface area (Å²) in [5.74, 6) is 0.918. The summed E-state index contributed by atoms with van der Waals surface area (Å²) >= 11 is 3.47. The van der Waals surface area contributed by atoms with Gasteiger partial charge >= 0.3 is 0 Å². The van der Waals surface area contributed by atoms with Crippen LogP contribution in [0.25, 0.3) is 0 Å². The van der Waals surface area contributed by atoms with E-state index in [0.717, 1.165) is 15.8 Å². The fourth-order valence-electron chi connectivity index (χ4n) is 1.16. The van der Waals surface area contributed by atoms with Gasteiger partial charge in [0, 0.05) is 16.6 Å². The lowest BCUT2D eigenvalue weighted by Crippen LogP contribution is -2.30. The molecule has 0 saturated heterocycles. The van der Waals surface area contributed by atoms with Crippen LogP contribution in [-0.2, 0) is 6.54 Å². The van der Waals surface area contributed by atoms with Crippen molar-refractivity contribution in [2.24, 2.45) is 5.73 Å². The quantitative estimate of drug-likeness (QED) is 0.859. The first kappa shape index (κ1) is 11.7. The molecule has 2 N–H and O–H groups in total. The lowest BCUT2D eigenvalue weighted by molar-refractivity contribution is 0.549. The zero-order chi connectivity index (χ0) is 10.8. The molecule has 0 bridgehead atoms. The molecule has 14 heavy (non-hydrogen) atoms. The maximum Gasteiger partial charge on any atom is 0.242 e. The molecule has 2 nitrogen and oxygen atoms in total. The maximum atomic E-state index is 5.93. The van der Waals surface area contributed by atoms with Gasteiger partial charge in [-0.3, -0.25) is 0 Å². The molecular formula is C10H16BrNOSi. The average molecular weight is 274 g/mol. The zero-order valence-electron chi connectivity index (χ0n) is 8.80. The molecule has 1 rings (SSSR count). The second-order valence-electron chi connectivity index (χ2n) is 4.14. The normalized spacial score (nSPS) is 11.5. The Morgan fingerprint density at radius 2 is 2.00 bits per heavy atom. The second kappa shape index (κ2) is 4.46. The molecule has 0 saturated carbocycles. The number of hydrogen-bond donors (Lipinski definition) is 1. The lowest BCUT2D eigenvalue weighted by Gasteiger charge is -2.21. The molecular weight excluding hydrogens is 258 g/mol. The molecule has 0 radical (unpaired) electrons. The van der Waals surface area contributed by atoms with E-state index in [9.17, 15) is 0 Å². The summed E-state index contributed by atoms with van der Waals surface area (Å²) in [6, 6.07) is 5.93. The van der Waals surface area contributed by atoms with E-state index in [0.29, 0.717) is 6.54 Å². The highest BCUT2D eigenvalue weighted by Crippen LogP contribution is 2.28. The molecule has 78 valence electrons. The molecule has 0 aliphatic heterocycles. The smallest absolute Gasteiger partial charge is 0.242 e. The monoisotopic (exact) mass is 273 g/mol. The van der Waals surface area contributed by atoms with Crippen molar-refractivity contribution in [1.82, 2.24) is 0 Å². The standard InChI is InChI=1S/C10H16BrNOSi/c1-14(2,3)13-10-6-4-5-9(11)8(10)7-12/h4-6H,7,12H2,1-3H3. The van der Waals surface area contributed by atoms with Gasteiger partial charge in [0.25, 0.3) is 0 Å². The van der Waals surface area contributed by atoms with Crippen LogP contribution in [0.2, 0.25) is 19.6 Å². The van der Waals surface area contributed by atoms with E-state index >= 15 is 0 Å². The van der Waals surface area contributed by atoms with Crippen LogP contribution in [0.3, 0.4) is 0 Å². The van der Waals surface area contributed by atoms with Crippen LogP contribution in [-0.4, -0.2) is 8.32 Å². The van der Waals surface area contributed by atoms with Crippen molar-refractivity contribution >= 4 is 24.2 Å². The molecule has 0 aliphatic carbocycles. The van der Waals surface area contributed by atoms with Crippen molar-refractivity contribution in [1.29, 1.82) is 0 Å². The summed E-state index contributed by atoms with van der Waals surface area (Å²) in [6.07, 6.45) is 0. The highest BCUT2D eigenvalue weighted by molar-refractivity contribution is 9.10. The number of halogens is 1. The molecule has 1 aromatic carbocycles. The summed E-state index contributed by atoms with van der Waals surface area (Å²) < 4.78 is 6.96. The van der Waals surface area contributed by atoms with Gasteiger partial charge in [-0.1, -0.05) is 22.0 Å². The van der Waals surface area contributed by atoms with Gasteiger partial charge in [-0.25, -0.2) is 0 Å². The predicted octanol–water partition coefficient (Wildman–Crippen LogP) is 3.12.